The van der Waals surface area contributed by atoms with Crippen molar-refractivity contribution in [1.82, 2.24) is 0 Å². The molecule has 6 heteroatoms. The minimum absolute atomic E-state index is 0.128. The van der Waals surface area contributed by atoms with Gasteiger partial charge in [0.2, 0.25) is 0 Å². The highest BCUT2D eigenvalue weighted by atomic mass is 16.3. The van der Waals surface area contributed by atoms with Crippen LogP contribution in [0, 0.1) is 0 Å². The number of aromatic hydroxyl groups is 6. The number of hydrogen-bond acceptors (Lipinski definition) is 6. The Kier molecular flexibility index (Phi) is 3.10. The van der Waals surface area contributed by atoms with Crippen LogP contribution >= 0.6 is 0 Å². The number of phenols is 6. The molecule has 144 valence electrons. The molecule has 0 saturated heterocycles. The van der Waals surface area contributed by atoms with Crippen molar-refractivity contribution >= 4 is 0 Å². The fourth-order valence-electron chi connectivity index (χ4n) is 5.82. The monoisotopic (exact) mass is 372 g/mol. The van der Waals surface area contributed by atoms with E-state index in [0.29, 0.717) is 35.1 Å². The zero-order chi connectivity index (χ0) is 20.1. The second kappa shape index (κ2) is 4.74. The molecule has 2 aromatic carbocycles. The van der Waals surface area contributed by atoms with Gasteiger partial charge in [-0.25, -0.2) is 0 Å². The van der Waals surface area contributed by atoms with Gasteiger partial charge < -0.3 is 30.6 Å². The van der Waals surface area contributed by atoms with Gasteiger partial charge in [0.15, 0.2) is 23.0 Å². The van der Waals surface area contributed by atoms with E-state index in [4.69, 9.17) is 0 Å². The van der Waals surface area contributed by atoms with Crippen molar-refractivity contribution in [3.8, 4) is 34.5 Å². The lowest BCUT2D eigenvalue weighted by Crippen LogP contribution is -2.27. The Balaban J connectivity index is 2.20. The summed E-state index contributed by atoms with van der Waals surface area (Å²) in [6, 6.07) is 2.24. The van der Waals surface area contributed by atoms with Gasteiger partial charge >= 0.3 is 0 Å². The van der Waals surface area contributed by atoms with Crippen molar-refractivity contribution in [2.75, 3.05) is 0 Å². The van der Waals surface area contributed by atoms with Crippen LogP contribution in [0.4, 0.5) is 0 Å². The molecular weight excluding hydrogens is 348 g/mol. The molecule has 0 amide bonds. The molecule has 0 fully saturated rings. The number of benzene rings is 2. The average Bonchev–Trinajstić information content (AvgIpc) is 2.89. The quantitative estimate of drug-likeness (QED) is 0.311. The van der Waals surface area contributed by atoms with Crippen LogP contribution in [0.3, 0.4) is 0 Å². The fourth-order valence-corrected chi connectivity index (χ4v) is 5.82. The molecule has 6 nitrogen and oxygen atoms in total. The SMILES string of the molecule is CC1(C)CC2(CC(C)(C)c3c(O)cc(O)c(O)c32)c2c(O)c(O)cc(O)c21. The van der Waals surface area contributed by atoms with Gasteiger partial charge in [0.1, 0.15) is 11.5 Å². The van der Waals surface area contributed by atoms with E-state index in [9.17, 15) is 30.6 Å². The summed E-state index contributed by atoms with van der Waals surface area (Å²) in [7, 11) is 0. The van der Waals surface area contributed by atoms with E-state index in [1.807, 2.05) is 27.7 Å². The van der Waals surface area contributed by atoms with E-state index in [0.717, 1.165) is 12.1 Å². The minimum atomic E-state index is -0.974. The van der Waals surface area contributed by atoms with Gasteiger partial charge in [0.25, 0.3) is 0 Å². The van der Waals surface area contributed by atoms with Gasteiger partial charge in [-0.15, -0.1) is 0 Å². The number of rotatable bonds is 0. The second-order valence-corrected chi connectivity index (χ2v) is 9.23. The minimum Gasteiger partial charge on any atom is -0.507 e. The summed E-state index contributed by atoms with van der Waals surface area (Å²) in [6.45, 7) is 7.67. The van der Waals surface area contributed by atoms with Gasteiger partial charge in [-0.3, -0.25) is 0 Å². The van der Waals surface area contributed by atoms with Crippen molar-refractivity contribution in [2.45, 2.75) is 56.8 Å². The highest BCUT2D eigenvalue weighted by molar-refractivity contribution is 5.74. The van der Waals surface area contributed by atoms with Crippen molar-refractivity contribution in [1.29, 1.82) is 0 Å². The van der Waals surface area contributed by atoms with E-state index < -0.39 is 27.7 Å². The smallest absolute Gasteiger partial charge is 0.162 e. The molecule has 2 aliphatic carbocycles. The van der Waals surface area contributed by atoms with E-state index in [2.05, 4.69) is 0 Å². The lowest BCUT2D eigenvalue weighted by atomic mass is 9.72. The Morgan fingerprint density at radius 2 is 0.889 bits per heavy atom. The molecule has 0 saturated carbocycles. The topological polar surface area (TPSA) is 121 Å². The molecule has 1 spiro atoms. The molecular formula is C21H24O6. The Morgan fingerprint density at radius 3 is 1.22 bits per heavy atom. The van der Waals surface area contributed by atoms with Crippen molar-refractivity contribution in [3.63, 3.8) is 0 Å². The summed E-state index contributed by atoms with van der Waals surface area (Å²) in [5.41, 5.74) is -0.425. The molecule has 2 aromatic rings. The van der Waals surface area contributed by atoms with Gasteiger partial charge in [0.05, 0.1) is 0 Å². The van der Waals surface area contributed by atoms with Crippen LogP contribution in [-0.4, -0.2) is 30.6 Å². The first-order valence-electron chi connectivity index (χ1n) is 8.91. The van der Waals surface area contributed by atoms with Crippen LogP contribution in [-0.2, 0) is 16.2 Å². The maximum absolute atomic E-state index is 10.8. The number of phenolic OH excluding ortho intramolecular Hbond substituents is 6. The predicted octanol–water partition coefficient (Wildman–Crippen LogP) is 3.57. The molecule has 2 aliphatic rings. The number of hydrogen-bond donors (Lipinski definition) is 6. The van der Waals surface area contributed by atoms with E-state index in [-0.39, 0.29) is 23.0 Å². The van der Waals surface area contributed by atoms with Crippen molar-refractivity contribution in [2.24, 2.45) is 0 Å². The van der Waals surface area contributed by atoms with E-state index in [1.54, 1.807) is 0 Å². The summed E-state index contributed by atoms with van der Waals surface area (Å²) in [5.74, 6) is -1.84. The Bertz CT molecular complexity index is 921. The molecule has 0 unspecified atom stereocenters. The van der Waals surface area contributed by atoms with Gasteiger partial charge in [-0.05, 0) is 23.7 Å². The highest BCUT2D eigenvalue weighted by Gasteiger charge is 2.61. The molecule has 4 rings (SSSR count). The van der Waals surface area contributed by atoms with Gasteiger partial charge in [-0.1, -0.05) is 27.7 Å². The third-order valence-corrected chi connectivity index (χ3v) is 6.32. The zero-order valence-corrected chi connectivity index (χ0v) is 15.8. The largest absolute Gasteiger partial charge is 0.507 e. The van der Waals surface area contributed by atoms with Crippen LogP contribution in [0.2, 0.25) is 0 Å². The molecule has 0 aromatic heterocycles. The lowest BCUT2D eigenvalue weighted by Gasteiger charge is -2.31. The Morgan fingerprint density at radius 1 is 0.556 bits per heavy atom. The molecule has 0 heterocycles. The van der Waals surface area contributed by atoms with Gasteiger partial charge in [0, 0.05) is 39.8 Å². The van der Waals surface area contributed by atoms with Crippen LogP contribution in [0.1, 0.15) is 62.8 Å². The molecule has 0 radical (unpaired) electrons. The number of fused-ring (bicyclic) bond motifs is 4. The second-order valence-electron chi connectivity index (χ2n) is 9.23. The first kappa shape index (κ1) is 17.6. The van der Waals surface area contributed by atoms with Crippen LogP contribution in [0.15, 0.2) is 12.1 Å². The molecule has 27 heavy (non-hydrogen) atoms. The maximum atomic E-state index is 10.8. The fraction of sp³-hybridized carbons (Fsp3) is 0.429. The standard InChI is InChI=1S/C21H24O6/c1-19(2)7-21(15-13(19)9(22)5-11(24)17(15)26)8-20(3,4)14-10(23)6-12(25)18(27)16(14)21/h5-6,22-27H,7-8H2,1-4H3. The zero-order valence-electron chi connectivity index (χ0n) is 15.8. The summed E-state index contributed by atoms with van der Waals surface area (Å²) < 4.78 is 0. The summed E-state index contributed by atoms with van der Waals surface area (Å²) in [6.07, 6.45) is 0.847. The summed E-state index contributed by atoms with van der Waals surface area (Å²) in [5, 5.41) is 62.9. The predicted molar refractivity (Wildman–Crippen MR) is 98.9 cm³/mol. The molecule has 6 N–H and O–H groups in total. The maximum Gasteiger partial charge on any atom is 0.162 e. The van der Waals surface area contributed by atoms with Crippen LogP contribution in [0.5, 0.6) is 34.5 Å². The average molecular weight is 372 g/mol. The lowest BCUT2D eigenvalue weighted by molar-refractivity contribution is 0.328. The molecule has 0 atom stereocenters. The first-order chi connectivity index (χ1) is 12.3. The Labute approximate surface area is 157 Å². The third-order valence-electron chi connectivity index (χ3n) is 6.32. The van der Waals surface area contributed by atoms with Crippen molar-refractivity contribution in [3.05, 3.63) is 34.4 Å². The molecule has 0 bridgehead atoms. The van der Waals surface area contributed by atoms with Gasteiger partial charge in [-0.2, -0.15) is 0 Å². The first-order valence-corrected chi connectivity index (χ1v) is 8.91. The third kappa shape index (κ3) is 1.95. The summed E-state index contributed by atoms with van der Waals surface area (Å²) in [4.78, 5) is 0. The van der Waals surface area contributed by atoms with Crippen LogP contribution in [0.25, 0.3) is 0 Å². The van der Waals surface area contributed by atoms with E-state index >= 15 is 0 Å². The summed E-state index contributed by atoms with van der Waals surface area (Å²) >= 11 is 0. The normalized spacial score (nSPS) is 20.6. The Hall–Kier alpha value is -2.76. The van der Waals surface area contributed by atoms with Crippen LogP contribution < -0.4 is 0 Å². The van der Waals surface area contributed by atoms with Crippen molar-refractivity contribution < 1.29 is 30.6 Å². The van der Waals surface area contributed by atoms with E-state index in [1.165, 1.54) is 0 Å². The molecule has 0 aliphatic heterocycles. The highest BCUT2D eigenvalue weighted by Crippen LogP contribution is 2.70.